The summed E-state index contributed by atoms with van der Waals surface area (Å²) >= 11 is 3.65. The number of aromatic amines is 1. The van der Waals surface area contributed by atoms with Crippen molar-refractivity contribution in [3.8, 4) is 28.5 Å². The molecule has 0 fully saturated rings. The molecule has 0 saturated carbocycles. The Morgan fingerprint density at radius 2 is 1.33 bits per heavy atom. The summed E-state index contributed by atoms with van der Waals surface area (Å²) in [6.07, 6.45) is 0. The molecule has 5 heteroatoms. The van der Waals surface area contributed by atoms with Crippen molar-refractivity contribution in [1.29, 1.82) is 0 Å². The van der Waals surface area contributed by atoms with Crippen LogP contribution in [0.15, 0.2) is 89.7 Å². The number of aromatic nitrogens is 4. The lowest BCUT2D eigenvalue weighted by Crippen LogP contribution is -2.00. The first-order chi connectivity index (χ1) is 13.3. The molecule has 2 heterocycles. The lowest BCUT2D eigenvalue weighted by molar-refractivity contribution is 0.943. The number of imidazole rings is 2. The summed E-state index contributed by atoms with van der Waals surface area (Å²) in [6.45, 7) is 0. The molecule has 0 saturated heterocycles. The molecule has 130 valence electrons. The highest BCUT2D eigenvalue weighted by atomic mass is 79.9. The summed E-state index contributed by atoms with van der Waals surface area (Å²) in [7, 11) is 0. The second-order valence-electron chi connectivity index (χ2n) is 6.22. The molecule has 0 bridgehead atoms. The van der Waals surface area contributed by atoms with Gasteiger partial charge in [-0.2, -0.15) is 0 Å². The molecular weight excluding hydrogens is 400 g/mol. The van der Waals surface area contributed by atoms with Crippen LogP contribution in [0.4, 0.5) is 0 Å². The second kappa shape index (κ2) is 6.52. The minimum Gasteiger partial charge on any atom is -0.323 e. The predicted molar refractivity (Wildman–Crippen MR) is 112 cm³/mol. The molecule has 4 nitrogen and oxygen atoms in total. The maximum Gasteiger partial charge on any atom is 0.214 e. The fraction of sp³-hybridized carbons (Fsp3) is 0. The first-order valence-electron chi connectivity index (χ1n) is 8.65. The Balaban J connectivity index is 1.82. The molecule has 1 N–H and O–H groups in total. The molecule has 5 rings (SSSR count). The zero-order valence-corrected chi connectivity index (χ0v) is 15.9. The summed E-state index contributed by atoms with van der Waals surface area (Å²) < 4.78 is 2.73. The Labute approximate surface area is 164 Å². The molecule has 27 heavy (non-hydrogen) atoms. The van der Waals surface area contributed by atoms with Crippen molar-refractivity contribution in [2.45, 2.75) is 0 Å². The fourth-order valence-corrected chi connectivity index (χ4v) is 3.81. The first-order valence-corrected chi connectivity index (χ1v) is 9.45. The molecule has 0 aliphatic heterocycles. The Kier molecular flexibility index (Phi) is 3.87. The number of nitrogens with one attached hydrogen (secondary N) is 1. The summed E-state index contributed by atoms with van der Waals surface area (Å²) in [5.74, 6) is 0.733. The molecule has 0 radical (unpaired) electrons. The monoisotopic (exact) mass is 414 g/mol. The van der Waals surface area contributed by atoms with Gasteiger partial charge in [0.15, 0.2) is 4.73 Å². The summed E-state index contributed by atoms with van der Waals surface area (Å²) in [5, 5.41) is 0. The van der Waals surface area contributed by atoms with Gasteiger partial charge in [-0.15, -0.1) is 0 Å². The van der Waals surface area contributed by atoms with Gasteiger partial charge in [0.25, 0.3) is 0 Å². The second-order valence-corrected chi connectivity index (χ2v) is 6.93. The van der Waals surface area contributed by atoms with Gasteiger partial charge in [-0.05, 0) is 28.1 Å². The summed E-state index contributed by atoms with van der Waals surface area (Å²) in [6, 6.07) is 28.5. The van der Waals surface area contributed by atoms with Crippen molar-refractivity contribution in [3.63, 3.8) is 0 Å². The molecule has 0 unspecified atom stereocenters. The van der Waals surface area contributed by atoms with Crippen molar-refractivity contribution in [2.75, 3.05) is 0 Å². The normalized spacial score (nSPS) is 11.1. The molecule has 0 atom stereocenters. The van der Waals surface area contributed by atoms with Crippen LogP contribution in [-0.4, -0.2) is 19.5 Å². The third-order valence-electron chi connectivity index (χ3n) is 4.52. The zero-order valence-electron chi connectivity index (χ0n) is 14.3. The van der Waals surface area contributed by atoms with Crippen molar-refractivity contribution in [3.05, 3.63) is 89.7 Å². The van der Waals surface area contributed by atoms with Gasteiger partial charge in [-0.1, -0.05) is 72.8 Å². The number of H-pyrrole nitrogens is 1. The Hall–Kier alpha value is -3.18. The standard InChI is InChI=1S/C22H15BrN4/c23-21-26-19(15-9-3-1-4-10-15)20(16-11-5-2-6-12-16)27(21)22-24-17-13-7-8-14-18(17)25-22/h1-14H,(H,24,25). The number of rotatable bonds is 3. The summed E-state index contributed by atoms with van der Waals surface area (Å²) in [4.78, 5) is 13.0. The third-order valence-corrected chi connectivity index (χ3v) is 5.05. The number of hydrogen-bond acceptors (Lipinski definition) is 2. The highest BCUT2D eigenvalue weighted by Crippen LogP contribution is 2.36. The maximum absolute atomic E-state index is 4.82. The minimum absolute atomic E-state index is 0.708. The van der Waals surface area contributed by atoms with Crippen LogP contribution in [0.1, 0.15) is 0 Å². The van der Waals surface area contributed by atoms with Gasteiger partial charge in [-0.25, -0.2) is 9.97 Å². The number of benzene rings is 3. The van der Waals surface area contributed by atoms with Crippen LogP contribution in [0.3, 0.4) is 0 Å². The highest BCUT2D eigenvalue weighted by Gasteiger charge is 2.21. The van der Waals surface area contributed by atoms with Crippen LogP contribution < -0.4 is 0 Å². The Bertz CT molecular complexity index is 1190. The fourth-order valence-electron chi connectivity index (χ4n) is 3.29. The van der Waals surface area contributed by atoms with E-state index in [2.05, 4.69) is 45.2 Å². The number of fused-ring (bicyclic) bond motifs is 1. The van der Waals surface area contributed by atoms with Crippen molar-refractivity contribution in [1.82, 2.24) is 19.5 Å². The van der Waals surface area contributed by atoms with Crippen LogP contribution in [0, 0.1) is 0 Å². The van der Waals surface area contributed by atoms with E-state index >= 15 is 0 Å². The van der Waals surface area contributed by atoms with E-state index < -0.39 is 0 Å². The molecule has 3 aromatic carbocycles. The van der Waals surface area contributed by atoms with Gasteiger partial charge in [0.2, 0.25) is 5.95 Å². The molecule has 0 amide bonds. The van der Waals surface area contributed by atoms with Crippen LogP contribution in [0.25, 0.3) is 39.5 Å². The van der Waals surface area contributed by atoms with E-state index in [-0.39, 0.29) is 0 Å². The van der Waals surface area contributed by atoms with Crippen molar-refractivity contribution in [2.24, 2.45) is 0 Å². The lowest BCUT2D eigenvalue weighted by Gasteiger charge is -2.09. The number of halogens is 1. The van der Waals surface area contributed by atoms with E-state index in [0.29, 0.717) is 4.73 Å². The van der Waals surface area contributed by atoms with E-state index in [1.807, 2.05) is 65.2 Å². The number of nitrogens with zero attached hydrogens (tertiary/aromatic N) is 3. The highest BCUT2D eigenvalue weighted by molar-refractivity contribution is 9.10. The van der Waals surface area contributed by atoms with Gasteiger partial charge in [0.05, 0.1) is 22.4 Å². The zero-order chi connectivity index (χ0) is 18.2. The van der Waals surface area contributed by atoms with Gasteiger partial charge in [0.1, 0.15) is 0 Å². The van der Waals surface area contributed by atoms with Crippen LogP contribution >= 0.6 is 15.9 Å². The molecular formula is C22H15BrN4. The van der Waals surface area contributed by atoms with Crippen LogP contribution in [0.2, 0.25) is 0 Å². The molecule has 0 aliphatic rings. The smallest absolute Gasteiger partial charge is 0.214 e. The predicted octanol–water partition coefficient (Wildman–Crippen LogP) is 5.85. The SMILES string of the molecule is Brc1nc(-c2ccccc2)c(-c2ccccc2)n1-c1nc2ccccc2[nH]1. The molecule has 2 aromatic heterocycles. The molecule has 0 aliphatic carbocycles. The van der Waals surface area contributed by atoms with Crippen molar-refractivity contribution < 1.29 is 0 Å². The number of para-hydroxylation sites is 2. The molecule has 0 spiro atoms. The van der Waals surface area contributed by atoms with Crippen LogP contribution in [-0.2, 0) is 0 Å². The van der Waals surface area contributed by atoms with E-state index in [1.54, 1.807) is 0 Å². The van der Waals surface area contributed by atoms with Gasteiger partial charge in [-0.3, -0.25) is 4.57 Å². The quantitative estimate of drug-likeness (QED) is 0.402. The average Bonchev–Trinajstić information content (AvgIpc) is 3.30. The van der Waals surface area contributed by atoms with E-state index in [4.69, 9.17) is 9.97 Å². The summed E-state index contributed by atoms with van der Waals surface area (Å²) in [5.41, 5.74) is 5.96. The van der Waals surface area contributed by atoms with Gasteiger partial charge in [0, 0.05) is 11.1 Å². The topological polar surface area (TPSA) is 46.5 Å². The lowest BCUT2D eigenvalue weighted by atomic mass is 10.0. The molecule has 5 aromatic rings. The Morgan fingerprint density at radius 3 is 2.04 bits per heavy atom. The maximum atomic E-state index is 4.82. The van der Waals surface area contributed by atoms with Gasteiger partial charge >= 0.3 is 0 Å². The van der Waals surface area contributed by atoms with E-state index in [1.165, 1.54) is 0 Å². The number of hydrogen-bond donors (Lipinski definition) is 1. The largest absolute Gasteiger partial charge is 0.323 e. The van der Waals surface area contributed by atoms with E-state index in [9.17, 15) is 0 Å². The van der Waals surface area contributed by atoms with Crippen molar-refractivity contribution >= 4 is 27.0 Å². The van der Waals surface area contributed by atoms with Crippen LogP contribution in [0.5, 0.6) is 0 Å². The Morgan fingerprint density at radius 1 is 0.704 bits per heavy atom. The van der Waals surface area contributed by atoms with Gasteiger partial charge < -0.3 is 4.98 Å². The van der Waals surface area contributed by atoms with E-state index in [0.717, 1.165) is 39.5 Å². The minimum atomic E-state index is 0.708. The third kappa shape index (κ3) is 2.76. The first kappa shape index (κ1) is 16.0. The average molecular weight is 415 g/mol.